The molecule has 6 heteroatoms. The van der Waals surface area contributed by atoms with E-state index in [1.807, 2.05) is 42.5 Å². The number of carbonyl (C=O) groups is 1. The molecule has 3 rings (SSSR count). The minimum atomic E-state index is -0.550. The molecule has 0 bridgehead atoms. The second kappa shape index (κ2) is 10.1. The van der Waals surface area contributed by atoms with Gasteiger partial charge in [-0.3, -0.25) is 4.79 Å². The highest BCUT2D eigenvalue weighted by atomic mass is 16.5. The molecule has 0 aromatic heterocycles. The number of para-hydroxylation sites is 3. The van der Waals surface area contributed by atoms with Gasteiger partial charge in [-0.1, -0.05) is 42.5 Å². The number of nitrogens with one attached hydrogen (secondary N) is 1. The molecule has 0 aliphatic carbocycles. The molecule has 3 aromatic carbocycles. The Morgan fingerprint density at radius 1 is 0.900 bits per heavy atom. The Morgan fingerprint density at radius 2 is 1.60 bits per heavy atom. The van der Waals surface area contributed by atoms with E-state index >= 15 is 0 Å². The molecule has 0 fully saturated rings. The molecule has 1 N–H and O–H groups in total. The third-order valence-corrected chi connectivity index (χ3v) is 3.97. The summed E-state index contributed by atoms with van der Waals surface area (Å²) in [7, 11) is 0. The summed E-state index contributed by atoms with van der Waals surface area (Å²) >= 11 is 0. The fourth-order valence-electron chi connectivity index (χ4n) is 2.56. The number of amides is 1. The number of hydrogen-bond acceptors (Lipinski definition) is 5. The number of benzene rings is 3. The highest BCUT2D eigenvalue weighted by Gasteiger charge is 2.13. The first-order chi connectivity index (χ1) is 14.7. The van der Waals surface area contributed by atoms with Gasteiger partial charge in [0.05, 0.1) is 5.69 Å². The van der Waals surface area contributed by atoms with E-state index in [2.05, 4.69) is 5.32 Å². The summed E-state index contributed by atoms with van der Waals surface area (Å²) in [6.45, 7) is -0.0501. The van der Waals surface area contributed by atoms with E-state index in [9.17, 15) is 10.1 Å². The van der Waals surface area contributed by atoms with Crippen molar-refractivity contribution in [2.24, 2.45) is 0 Å². The number of ether oxygens (including phenoxy) is 2. The predicted octanol–water partition coefficient (Wildman–Crippen LogP) is 4.93. The molecule has 0 atom stereocenters. The molecule has 6 nitrogen and oxygen atoms in total. The minimum absolute atomic E-state index is 0.0501. The summed E-state index contributed by atoms with van der Waals surface area (Å²) in [5, 5.41) is 20.7. The van der Waals surface area contributed by atoms with Crippen molar-refractivity contribution in [3.8, 4) is 29.4 Å². The summed E-state index contributed by atoms with van der Waals surface area (Å²) < 4.78 is 11.0. The summed E-state index contributed by atoms with van der Waals surface area (Å²) in [4.78, 5) is 12.6. The number of carbonyl (C=O) groups excluding carboxylic acids is 1. The van der Waals surface area contributed by atoms with Crippen LogP contribution in [0.3, 0.4) is 0 Å². The van der Waals surface area contributed by atoms with Crippen LogP contribution < -0.4 is 14.8 Å². The van der Waals surface area contributed by atoms with Crippen LogP contribution in [0.2, 0.25) is 0 Å². The van der Waals surface area contributed by atoms with Crippen LogP contribution in [-0.2, 0) is 4.79 Å². The van der Waals surface area contributed by atoms with Crippen LogP contribution in [0.4, 0.5) is 5.69 Å². The van der Waals surface area contributed by atoms with Gasteiger partial charge in [-0.15, -0.1) is 0 Å². The molecule has 0 saturated carbocycles. The number of rotatable bonds is 7. The van der Waals surface area contributed by atoms with Gasteiger partial charge in [-0.25, -0.2) is 0 Å². The normalized spacial score (nSPS) is 10.4. The summed E-state index contributed by atoms with van der Waals surface area (Å²) in [5.74, 6) is 1.08. The minimum Gasteiger partial charge on any atom is -0.479 e. The van der Waals surface area contributed by atoms with E-state index in [1.165, 1.54) is 6.08 Å². The number of hydrogen-bond donors (Lipinski definition) is 1. The first-order valence-corrected chi connectivity index (χ1v) is 9.04. The number of nitriles is 2. The molecule has 1 amide bonds. The smallest absolute Gasteiger partial charge is 0.266 e. The van der Waals surface area contributed by atoms with Gasteiger partial charge in [0.25, 0.3) is 5.91 Å². The lowest BCUT2D eigenvalue weighted by Crippen LogP contribution is -2.14. The van der Waals surface area contributed by atoms with Crippen LogP contribution >= 0.6 is 0 Å². The molecule has 0 saturated heterocycles. The topological polar surface area (TPSA) is 95.1 Å². The second-order valence-electron chi connectivity index (χ2n) is 6.05. The molecule has 30 heavy (non-hydrogen) atoms. The van der Waals surface area contributed by atoms with Gasteiger partial charge in [-0.05, 0) is 48.0 Å². The monoisotopic (exact) mass is 395 g/mol. The molecule has 0 aliphatic rings. The van der Waals surface area contributed by atoms with Crippen LogP contribution in [0.25, 0.3) is 6.08 Å². The van der Waals surface area contributed by atoms with Crippen molar-refractivity contribution in [3.05, 3.63) is 90.0 Å². The maximum absolute atomic E-state index is 12.6. The SMILES string of the molecule is N#CCOc1ccc(/C=C(\C#N)C(=O)Nc2ccccc2Oc2ccccc2)cc1. The van der Waals surface area contributed by atoms with Gasteiger partial charge >= 0.3 is 0 Å². The van der Waals surface area contributed by atoms with Gasteiger partial charge in [0.1, 0.15) is 29.2 Å². The highest BCUT2D eigenvalue weighted by Crippen LogP contribution is 2.29. The van der Waals surface area contributed by atoms with Crippen LogP contribution in [0.1, 0.15) is 5.56 Å². The van der Waals surface area contributed by atoms with E-state index < -0.39 is 5.91 Å². The average molecular weight is 395 g/mol. The van der Waals surface area contributed by atoms with E-state index in [1.54, 1.807) is 48.5 Å². The van der Waals surface area contributed by atoms with Crippen molar-refractivity contribution in [1.29, 1.82) is 10.5 Å². The molecular weight excluding hydrogens is 378 g/mol. The molecular formula is C24H17N3O3. The average Bonchev–Trinajstić information content (AvgIpc) is 2.78. The molecule has 3 aromatic rings. The third kappa shape index (κ3) is 5.48. The Kier molecular flexibility index (Phi) is 6.81. The van der Waals surface area contributed by atoms with Crippen molar-refractivity contribution >= 4 is 17.7 Å². The molecule has 0 spiro atoms. The number of anilines is 1. The Balaban J connectivity index is 1.75. The van der Waals surface area contributed by atoms with Crippen LogP contribution in [0.15, 0.2) is 84.4 Å². The zero-order valence-corrected chi connectivity index (χ0v) is 15.9. The van der Waals surface area contributed by atoms with Crippen molar-refractivity contribution in [2.45, 2.75) is 0 Å². The van der Waals surface area contributed by atoms with Crippen molar-refractivity contribution in [2.75, 3.05) is 11.9 Å². The van der Waals surface area contributed by atoms with Crippen molar-refractivity contribution < 1.29 is 14.3 Å². The van der Waals surface area contributed by atoms with Gasteiger partial charge in [0.15, 0.2) is 12.4 Å². The molecule has 0 aliphatic heterocycles. The highest BCUT2D eigenvalue weighted by molar-refractivity contribution is 6.10. The van der Waals surface area contributed by atoms with Crippen LogP contribution in [0, 0.1) is 22.7 Å². The van der Waals surface area contributed by atoms with E-state index in [4.69, 9.17) is 14.7 Å². The zero-order chi connectivity index (χ0) is 21.2. The molecule has 0 unspecified atom stereocenters. The first kappa shape index (κ1) is 20.2. The largest absolute Gasteiger partial charge is 0.479 e. The predicted molar refractivity (Wildman–Crippen MR) is 113 cm³/mol. The van der Waals surface area contributed by atoms with E-state index in [-0.39, 0.29) is 12.2 Å². The fourth-order valence-corrected chi connectivity index (χ4v) is 2.56. The van der Waals surface area contributed by atoms with Crippen LogP contribution in [-0.4, -0.2) is 12.5 Å². The lowest BCUT2D eigenvalue weighted by molar-refractivity contribution is -0.112. The first-order valence-electron chi connectivity index (χ1n) is 9.04. The van der Waals surface area contributed by atoms with E-state index in [0.717, 1.165) is 0 Å². The lowest BCUT2D eigenvalue weighted by atomic mass is 10.1. The summed E-state index contributed by atoms with van der Waals surface area (Å²) in [5.41, 5.74) is 1.04. The molecule has 146 valence electrons. The Morgan fingerprint density at radius 3 is 2.30 bits per heavy atom. The Hall–Kier alpha value is -4.55. The van der Waals surface area contributed by atoms with Gasteiger partial charge < -0.3 is 14.8 Å². The van der Waals surface area contributed by atoms with Crippen LogP contribution in [0.5, 0.6) is 17.2 Å². The fraction of sp³-hybridized carbons (Fsp3) is 0.0417. The van der Waals surface area contributed by atoms with Crippen molar-refractivity contribution in [1.82, 2.24) is 0 Å². The quantitative estimate of drug-likeness (QED) is 0.452. The summed E-state index contributed by atoms with van der Waals surface area (Å²) in [6, 6.07) is 26.7. The Labute approximate surface area is 174 Å². The van der Waals surface area contributed by atoms with E-state index in [0.29, 0.717) is 28.5 Å². The summed E-state index contributed by atoms with van der Waals surface area (Å²) in [6.07, 6.45) is 1.48. The van der Waals surface area contributed by atoms with Gasteiger partial charge in [-0.2, -0.15) is 10.5 Å². The third-order valence-electron chi connectivity index (χ3n) is 3.97. The maximum atomic E-state index is 12.6. The van der Waals surface area contributed by atoms with Crippen molar-refractivity contribution in [3.63, 3.8) is 0 Å². The lowest BCUT2D eigenvalue weighted by Gasteiger charge is -2.12. The number of nitrogens with zero attached hydrogens (tertiary/aromatic N) is 2. The Bertz CT molecular complexity index is 1120. The standard InChI is InChI=1S/C24H17N3O3/c25-14-15-29-20-12-10-18(11-13-20)16-19(17-26)24(28)27-22-8-4-5-9-23(22)30-21-6-2-1-3-7-21/h1-13,16H,15H2,(H,27,28)/b19-16+. The van der Waals surface area contributed by atoms with Gasteiger partial charge in [0.2, 0.25) is 0 Å². The second-order valence-corrected chi connectivity index (χ2v) is 6.05. The van der Waals surface area contributed by atoms with Gasteiger partial charge in [0, 0.05) is 0 Å². The molecule has 0 heterocycles. The maximum Gasteiger partial charge on any atom is 0.266 e. The molecule has 0 radical (unpaired) electrons. The zero-order valence-electron chi connectivity index (χ0n) is 15.9.